The van der Waals surface area contributed by atoms with E-state index in [0.717, 1.165) is 22.3 Å². The van der Waals surface area contributed by atoms with Crippen molar-refractivity contribution >= 4 is 11.8 Å². The molecule has 234 valence electrons. The fraction of sp³-hybridized carbons (Fsp3) is 0.333. The molecule has 45 heavy (non-hydrogen) atoms. The van der Waals surface area contributed by atoms with Gasteiger partial charge in [0, 0.05) is 25.7 Å². The maximum Gasteiger partial charge on any atom is 0.236 e. The first-order valence-corrected chi connectivity index (χ1v) is 15.8. The van der Waals surface area contributed by atoms with Crippen LogP contribution in [-0.2, 0) is 35.3 Å². The molecule has 0 radical (unpaired) electrons. The van der Waals surface area contributed by atoms with Crippen LogP contribution < -0.4 is 10.6 Å². The van der Waals surface area contributed by atoms with Crippen LogP contribution in [0.3, 0.4) is 0 Å². The summed E-state index contributed by atoms with van der Waals surface area (Å²) in [4.78, 5) is 27.6. The van der Waals surface area contributed by atoms with Gasteiger partial charge < -0.3 is 20.8 Å². The summed E-state index contributed by atoms with van der Waals surface area (Å²) in [5, 5.41) is 30.1. The highest BCUT2D eigenvalue weighted by molar-refractivity contribution is 6.08. The summed E-state index contributed by atoms with van der Waals surface area (Å²) >= 11 is 0. The van der Waals surface area contributed by atoms with E-state index >= 15 is 0 Å². The molecular formula is C39H44N2O4. The van der Waals surface area contributed by atoms with Crippen LogP contribution in [-0.4, -0.2) is 45.3 Å². The Bertz CT molecular complexity index is 1340. The van der Waals surface area contributed by atoms with Gasteiger partial charge in [0.1, 0.15) is 5.41 Å². The van der Waals surface area contributed by atoms with E-state index in [0.29, 0.717) is 38.5 Å². The lowest BCUT2D eigenvalue weighted by Gasteiger charge is -2.37. The highest BCUT2D eigenvalue weighted by Gasteiger charge is 2.58. The maximum absolute atomic E-state index is 13.8. The third-order valence-electron chi connectivity index (χ3n) is 9.34. The van der Waals surface area contributed by atoms with E-state index in [2.05, 4.69) is 10.6 Å². The van der Waals surface area contributed by atoms with E-state index in [1.54, 1.807) is 13.8 Å². The van der Waals surface area contributed by atoms with E-state index in [-0.39, 0.29) is 0 Å². The van der Waals surface area contributed by atoms with Crippen molar-refractivity contribution in [3.8, 4) is 0 Å². The van der Waals surface area contributed by atoms with Gasteiger partial charge in [-0.2, -0.15) is 0 Å². The largest absolute Gasteiger partial charge is 0.387 e. The van der Waals surface area contributed by atoms with Crippen LogP contribution in [0, 0.1) is 5.41 Å². The summed E-state index contributed by atoms with van der Waals surface area (Å²) in [6.07, 6.45) is 2.18. The van der Waals surface area contributed by atoms with Crippen LogP contribution in [0.25, 0.3) is 0 Å². The molecule has 6 nitrogen and oxygen atoms in total. The fourth-order valence-corrected chi connectivity index (χ4v) is 6.16. The van der Waals surface area contributed by atoms with E-state index in [1.807, 2.05) is 121 Å². The van der Waals surface area contributed by atoms with Gasteiger partial charge in [-0.25, -0.2) is 0 Å². The number of carbonyl (C=O) groups is 2. The number of aliphatic hydroxyl groups is 2. The molecule has 1 aliphatic carbocycles. The summed E-state index contributed by atoms with van der Waals surface area (Å²) in [5.74, 6) is -0.789. The zero-order chi connectivity index (χ0) is 31.9. The Kier molecular flexibility index (Phi) is 9.86. The van der Waals surface area contributed by atoms with Crippen molar-refractivity contribution in [3.63, 3.8) is 0 Å². The number of rotatable bonds is 14. The molecule has 4 aromatic rings. The molecule has 4 aromatic carbocycles. The van der Waals surface area contributed by atoms with Crippen molar-refractivity contribution in [2.45, 2.75) is 75.7 Å². The lowest BCUT2D eigenvalue weighted by molar-refractivity contribution is -0.140. The SMILES string of the molecule is C[C@@H](NC(=O)C1(C(=O)N[C@H](C)C(O)(Cc2ccccc2)Cc2ccccc2)CC1)C(O)(Cc1ccccc1)Cc1ccccc1. The van der Waals surface area contributed by atoms with Crippen molar-refractivity contribution < 1.29 is 19.8 Å². The average molecular weight is 605 g/mol. The minimum atomic E-state index is -1.29. The molecule has 1 fully saturated rings. The molecule has 0 saturated heterocycles. The number of benzene rings is 4. The summed E-state index contributed by atoms with van der Waals surface area (Å²) in [6.45, 7) is 3.61. The molecular weight excluding hydrogens is 560 g/mol. The van der Waals surface area contributed by atoms with Crippen LogP contribution in [0.5, 0.6) is 0 Å². The molecule has 0 aliphatic heterocycles. The Balaban J connectivity index is 1.31. The monoisotopic (exact) mass is 604 g/mol. The van der Waals surface area contributed by atoms with E-state index in [9.17, 15) is 19.8 Å². The van der Waals surface area contributed by atoms with Crippen LogP contribution in [0.2, 0.25) is 0 Å². The summed E-state index contributed by atoms with van der Waals surface area (Å²) in [5.41, 5.74) is 0.0279. The highest BCUT2D eigenvalue weighted by Crippen LogP contribution is 2.47. The lowest BCUT2D eigenvalue weighted by atomic mass is 9.81. The topological polar surface area (TPSA) is 98.7 Å². The van der Waals surface area contributed by atoms with Gasteiger partial charge in [-0.05, 0) is 48.9 Å². The first-order valence-electron chi connectivity index (χ1n) is 15.8. The Labute approximate surface area is 266 Å². The molecule has 1 saturated carbocycles. The minimum Gasteiger partial charge on any atom is -0.387 e. The zero-order valence-corrected chi connectivity index (χ0v) is 26.2. The molecule has 0 unspecified atom stereocenters. The second kappa shape index (κ2) is 13.8. The molecule has 2 amide bonds. The summed E-state index contributed by atoms with van der Waals surface area (Å²) < 4.78 is 0. The lowest BCUT2D eigenvalue weighted by Crippen LogP contribution is -2.59. The molecule has 1 aliphatic rings. The second-order valence-corrected chi connectivity index (χ2v) is 12.8. The number of nitrogens with one attached hydrogen (secondary N) is 2. The first kappa shape index (κ1) is 32.1. The smallest absolute Gasteiger partial charge is 0.236 e. The number of amides is 2. The predicted molar refractivity (Wildman–Crippen MR) is 177 cm³/mol. The van der Waals surface area contributed by atoms with Gasteiger partial charge in [-0.15, -0.1) is 0 Å². The van der Waals surface area contributed by atoms with Crippen molar-refractivity contribution in [1.82, 2.24) is 10.6 Å². The Morgan fingerprint density at radius 2 is 0.800 bits per heavy atom. The predicted octanol–water partition coefficient (Wildman–Crippen LogP) is 5.21. The van der Waals surface area contributed by atoms with Gasteiger partial charge >= 0.3 is 0 Å². The number of hydrogen-bond acceptors (Lipinski definition) is 4. The Hall–Kier alpha value is -4.26. The molecule has 2 atom stereocenters. The Morgan fingerprint density at radius 1 is 0.556 bits per heavy atom. The number of carbonyl (C=O) groups excluding carboxylic acids is 2. The highest BCUT2D eigenvalue weighted by atomic mass is 16.3. The van der Waals surface area contributed by atoms with Gasteiger partial charge in [0.15, 0.2) is 0 Å². The zero-order valence-electron chi connectivity index (χ0n) is 26.2. The quantitative estimate of drug-likeness (QED) is 0.149. The summed E-state index contributed by atoms with van der Waals surface area (Å²) in [7, 11) is 0. The van der Waals surface area contributed by atoms with Crippen LogP contribution in [0.15, 0.2) is 121 Å². The molecule has 0 aromatic heterocycles. The van der Waals surface area contributed by atoms with E-state index < -0.39 is 40.5 Å². The van der Waals surface area contributed by atoms with E-state index in [1.165, 1.54) is 0 Å². The summed E-state index contributed by atoms with van der Waals surface area (Å²) in [6, 6.07) is 37.7. The standard InChI is InChI=1S/C39H44N2O4/c1-29(38(44,25-31-15-7-3-8-16-31)26-32-17-9-4-10-18-32)40-35(42)37(23-24-37)36(43)41-30(2)39(45,27-33-19-11-5-12-20-33)28-34-21-13-6-14-22-34/h3-22,29-30,44-45H,23-28H2,1-2H3,(H,40,42)(H,41,43)/t29-,30-/m1/s1. The van der Waals surface area contributed by atoms with Crippen molar-refractivity contribution in [2.24, 2.45) is 5.41 Å². The fourth-order valence-electron chi connectivity index (χ4n) is 6.16. The average Bonchev–Trinajstić information content (AvgIpc) is 3.85. The molecule has 0 spiro atoms. The van der Waals surface area contributed by atoms with E-state index in [4.69, 9.17) is 0 Å². The minimum absolute atomic E-state index is 0.340. The first-order chi connectivity index (χ1) is 21.6. The maximum atomic E-state index is 13.8. The second-order valence-electron chi connectivity index (χ2n) is 12.8. The van der Waals surface area contributed by atoms with Crippen LogP contribution in [0.1, 0.15) is 48.9 Å². The number of hydrogen-bond donors (Lipinski definition) is 4. The van der Waals surface area contributed by atoms with Crippen LogP contribution >= 0.6 is 0 Å². The van der Waals surface area contributed by atoms with Gasteiger partial charge in [0.25, 0.3) is 0 Å². The Morgan fingerprint density at radius 3 is 1.02 bits per heavy atom. The molecule has 0 heterocycles. The van der Waals surface area contributed by atoms with Gasteiger partial charge in [-0.3, -0.25) is 9.59 Å². The van der Waals surface area contributed by atoms with Gasteiger partial charge in [0.05, 0.1) is 23.3 Å². The third kappa shape index (κ3) is 7.88. The van der Waals surface area contributed by atoms with Crippen LogP contribution in [0.4, 0.5) is 0 Å². The molecule has 6 heteroatoms. The van der Waals surface area contributed by atoms with Gasteiger partial charge in [-0.1, -0.05) is 121 Å². The third-order valence-corrected chi connectivity index (χ3v) is 9.34. The molecule has 0 bridgehead atoms. The van der Waals surface area contributed by atoms with Crippen molar-refractivity contribution in [2.75, 3.05) is 0 Å². The van der Waals surface area contributed by atoms with Gasteiger partial charge in [0.2, 0.25) is 11.8 Å². The normalized spacial score (nSPS) is 15.5. The van der Waals surface area contributed by atoms with Crippen molar-refractivity contribution in [3.05, 3.63) is 144 Å². The van der Waals surface area contributed by atoms with Crippen molar-refractivity contribution in [1.29, 1.82) is 0 Å². The molecule has 4 N–H and O–H groups in total. The molecule has 5 rings (SSSR count).